The minimum atomic E-state index is -0.917. The predicted octanol–water partition coefficient (Wildman–Crippen LogP) is -0.852. The summed E-state index contributed by atoms with van der Waals surface area (Å²) in [6, 6.07) is -0.658. The lowest BCUT2D eigenvalue weighted by Crippen LogP contribution is -2.56. The SMILES string of the molecule is Cc1nonc1CC(=O)N1CCN(C)[C@H](C(=O)O)C1. The molecule has 1 N–H and O–H groups in total. The first-order valence-electron chi connectivity index (χ1n) is 5.98. The van der Waals surface area contributed by atoms with Crippen LogP contribution >= 0.6 is 0 Å². The molecule has 1 saturated heterocycles. The average molecular weight is 268 g/mol. The van der Waals surface area contributed by atoms with Crippen molar-refractivity contribution in [3.8, 4) is 0 Å². The van der Waals surface area contributed by atoms with E-state index in [1.807, 2.05) is 0 Å². The number of rotatable bonds is 3. The van der Waals surface area contributed by atoms with Crippen LogP contribution < -0.4 is 0 Å². The molecule has 0 bridgehead atoms. The second kappa shape index (κ2) is 5.35. The Morgan fingerprint density at radius 1 is 1.42 bits per heavy atom. The first-order chi connectivity index (χ1) is 8.99. The normalized spacial score (nSPS) is 20.5. The van der Waals surface area contributed by atoms with E-state index >= 15 is 0 Å². The van der Waals surface area contributed by atoms with E-state index in [4.69, 9.17) is 5.11 Å². The number of hydrogen-bond donors (Lipinski definition) is 1. The number of aryl methyl sites for hydroxylation is 1. The Morgan fingerprint density at radius 3 is 2.74 bits per heavy atom. The number of hydrogen-bond acceptors (Lipinski definition) is 6. The van der Waals surface area contributed by atoms with Crippen LogP contribution in [0.1, 0.15) is 11.4 Å². The Bertz CT molecular complexity index is 487. The average Bonchev–Trinajstić information content (AvgIpc) is 2.75. The van der Waals surface area contributed by atoms with Crippen molar-refractivity contribution in [2.24, 2.45) is 0 Å². The first kappa shape index (κ1) is 13.5. The van der Waals surface area contributed by atoms with Crippen molar-refractivity contribution >= 4 is 11.9 Å². The molecule has 0 saturated carbocycles. The fourth-order valence-electron chi connectivity index (χ4n) is 2.03. The molecular formula is C11H16N4O4. The van der Waals surface area contributed by atoms with Gasteiger partial charge in [0.25, 0.3) is 0 Å². The lowest BCUT2D eigenvalue weighted by atomic mass is 10.1. The molecule has 0 aromatic carbocycles. The van der Waals surface area contributed by atoms with Gasteiger partial charge in [-0.1, -0.05) is 10.3 Å². The van der Waals surface area contributed by atoms with Gasteiger partial charge in [-0.3, -0.25) is 14.5 Å². The highest BCUT2D eigenvalue weighted by molar-refractivity contribution is 5.80. The minimum absolute atomic E-state index is 0.0887. The zero-order chi connectivity index (χ0) is 14.0. The Hall–Kier alpha value is -1.96. The summed E-state index contributed by atoms with van der Waals surface area (Å²) >= 11 is 0. The highest BCUT2D eigenvalue weighted by atomic mass is 16.6. The molecule has 1 aromatic rings. The van der Waals surface area contributed by atoms with Crippen LogP contribution in [-0.4, -0.2) is 69.8 Å². The summed E-state index contributed by atoms with van der Waals surface area (Å²) in [5.41, 5.74) is 1.08. The van der Waals surface area contributed by atoms with Crippen molar-refractivity contribution in [2.75, 3.05) is 26.7 Å². The fraction of sp³-hybridized carbons (Fsp3) is 0.636. The highest BCUT2D eigenvalue weighted by Crippen LogP contribution is 2.11. The Morgan fingerprint density at radius 2 is 2.16 bits per heavy atom. The molecular weight excluding hydrogens is 252 g/mol. The molecule has 1 aromatic heterocycles. The minimum Gasteiger partial charge on any atom is -0.480 e. The van der Waals surface area contributed by atoms with Gasteiger partial charge in [0.1, 0.15) is 17.4 Å². The monoisotopic (exact) mass is 268 g/mol. The summed E-state index contributed by atoms with van der Waals surface area (Å²) < 4.78 is 4.54. The lowest BCUT2D eigenvalue weighted by Gasteiger charge is -2.37. The zero-order valence-electron chi connectivity index (χ0n) is 10.9. The molecule has 19 heavy (non-hydrogen) atoms. The number of nitrogens with zero attached hydrogens (tertiary/aromatic N) is 4. The van der Waals surface area contributed by atoms with Gasteiger partial charge in [-0.15, -0.1) is 0 Å². The van der Waals surface area contributed by atoms with Crippen LogP contribution in [0, 0.1) is 6.92 Å². The second-order valence-electron chi connectivity index (χ2n) is 4.65. The van der Waals surface area contributed by atoms with Crippen molar-refractivity contribution in [2.45, 2.75) is 19.4 Å². The molecule has 0 spiro atoms. The Kier molecular flexibility index (Phi) is 3.79. The number of aromatic nitrogens is 2. The first-order valence-corrected chi connectivity index (χ1v) is 5.98. The number of aliphatic carboxylic acids is 1. The molecule has 1 amide bonds. The van der Waals surface area contributed by atoms with Crippen LogP contribution in [0.2, 0.25) is 0 Å². The van der Waals surface area contributed by atoms with Crippen LogP contribution in [-0.2, 0) is 16.0 Å². The van der Waals surface area contributed by atoms with Gasteiger partial charge in [0, 0.05) is 19.6 Å². The third-order valence-electron chi connectivity index (χ3n) is 3.35. The van der Waals surface area contributed by atoms with Crippen molar-refractivity contribution in [1.82, 2.24) is 20.1 Å². The number of carbonyl (C=O) groups is 2. The van der Waals surface area contributed by atoms with Gasteiger partial charge in [-0.25, -0.2) is 4.63 Å². The smallest absolute Gasteiger partial charge is 0.322 e. The highest BCUT2D eigenvalue weighted by Gasteiger charge is 2.32. The van der Waals surface area contributed by atoms with Crippen LogP contribution in [0.25, 0.3) is 0 Å². The van der Waals surface area contributed by atoms with E-state index in [0.29, 0.717) is 24.5 Å². The molecule has 1 fully saturated rings. The summed E-state index contributed by atoms with van der Waals surface area (Å²) in [6.07, 6.45) is 0.0887. The molecule has 0 unspecified atom stereocenters. The Balaban J connectivity index is 2.00. The maximum absolute atomic E-state index is 12.1. The summed E-state index contributed by atoms with van der Waals surface area (Å²) in [7, 11) is 1.74. The van der Waals surface area contributed by atoms with E-state index in [9.17, 15) is 9.59 Å². The molecule has 8 nitrogen and oxygen atoms in total. The molecule has 1 atom stereocenters. The molecule has 8 heteroatoms. The number of amides is 1. The summed E-state index contributed by atoms with van der Waals surface area (Å²) in [5, 5.41) is 16.4. The van der Waals surface area contributed by atoms with Gasteiger partial charge < -0.3 is 10.0 Å². The van der Waals surface area contributed by atoms with Crippen molar-refractivity contribution < 1.29 is 19.3 Å². The van der Waals surface area contributed by atoms with Gasteiger partial charge in [0.2, 0.25) is 5.91 Å². The van der Waals surface area contributed by atoms with Crippen molar-refractivity contribution in [3.05, 3.63) is 11.4 Å². The summed E-state index contributed by atoms with van der Waals surface area (Å²) in [6.45, 7) is 2.96. The maximum atomic E-state index is 12.1. The van der Waals surface area contributed by atoms with Gasteiger partial charge in [-0.05, 0) is 14.0 Å². The molecule has 104 valence electrons. The molecule has 2 heterocycles. The summed E-state index contributed by atoms with van der Waals surface area (Å²) in [4.78, 5) is 26.5. The third kappa shape index (κ3) is 2.90. The fourth-order valence-corrected chi connectivity index (χ4v) is 2.03. The van der Waals surface area contributed by atoms with Gasteiger partial charge >= 0.3 is 5.97 Å². The van der Waals surface area contributed by atoms with E-state index in [1.165, 1.54) is 0 Å². The largest absolute Gasteiger partial charge is 0.480 e. The number of carbonyl (C=O) groups excluding carboxylic acids is 1. The van der Waals surface area contributed by atoms with Crippen LogP contribution in [0.5, 0.6) is 0 Å². The topological polar surface area (TPSA) is 99.8 Å². The Labute approximate surface area is 109 Å². The molecule has 1 aliphatic rings. The quantitative estimate of drug-likeness (QED) is 0.762. The molecule has 2 rings (SSSR count). The molecule has 0 aliphatic carbocycles. The van der Waals surface area contributed by atoms with Crippen molar-refractivity contribution in [1.29, 1.82) is 0 Å². The summed E-state index contributed by atoms with van der Waals surface area (Å²) in [5.74, 6) is -1.07. The third-order valence-corrected chi connectivity index (χ3v) is 3.35. The number of piperazine rings is 1. The number of carboxylic acid groups (broad SMARTS) is 1. The van der Waals surface area contributed by atoms with E-state index < -0.39 is 12.0 Å². The van der Waals surface area contributed by atoms with E-state index in [-0.39, 0.29) is 18.9 Å². The molecule has 1 aliphatic heterocycles. The number of likely N-dealkylation sites (N-methyl/N-ethyl adjacent to an activating group) is 1. The van der Waals surface area contributed by atoms with Crippen LogP contribution in [0.15, 0.2) is 4.63 Å². The van der Waals surface area contributed by atoms with Crippen LogP contribution in [0.4, 0.5) is 0 Å². The lowest BCUT2D eigenvalue weighted by molar-refractivity contribution is -0.147. The van der Waals surface area contributed by atoms with E-state index in [1.54, 1.807) is 23.8 Å². The maximum Gasteiger partial charge on any atom is 0.322 e. The molecule has 0 radical (unpaired) electrons. The van der Waals surface area contributed by atoms with Gasteiger partial charge in [0.05, 0.1) is 6.42 Å². The van der Waals surface area contributed by atoms with E-state index in [2.05, 4.69) is 14.9 Å². The zero-order valence-corrected chi connectivity index (χ0v) is 10.9. The number of carboxylic acids is 1. The van der Waals surface area contributed by atoms with E-state index in [0.717, 1.165) is 0 Å². The van der Waals surface area contributed by atoms with Crippen LogP contribution in [0.3, 0.4) is 0 Å². The predicted molar refractivity (Wildman–Crippen MR) is 63.4 cm³/mol. The van der Waals surface area contributed by atoms with Gasteiger partial charge in [-0.2, -0.15) is 0 Å². The standard InChI is InChI=1S/C11H16N4O4/c1-7-8(13-19-12-7)5-10(16)15-4-3-14(2)9(6-15)11(17)18/h9H,3-6H2,1-2H3,(H,17,18)/t9-/m0/s1. The van der Waals surface area contributed by atoms with Crippen molar-refractivity contribution in [3.63, 3.8) is 0 Å². The second-order valence-corrected chi connectivity index (χ2v) is 4.65. The van der Waals surface area contributed by atoms with Gasteiger partial charge in [0.15, 0.2) is 0 Å².